The zero-order valence-corrected chi connectivity index (χ0v) is 10.6. The minimum atomic E-state index is -1.02. The summed E-state index contributed by atoms with van der Waals surface area (Å²) in [5.74, 6) is -1.12. The third kappa shape index (κ3) is 3.02. The summed E-state index contributed by atoms with van der Waals surface area (Å²) in [4.78, 5) is 13.3. The number of carbonyl (C=O) groups is 1. The second-order valence-electron chi connectivity index (χ2n) is 4.28. The van der Waals surface area contributed by atoms with Gasteiger partial charge in [0.15, 0.2) is 0 Å². The van der Waals surface area contributed by atoms with Gasteiger partial charge in [-0.1, -0.05) is 0 Å². The molecule has 1 aromatic rings. The number of hydrogen-bond acceptors (Lipinski definition) is 4. The van der Waals surface area contributed by atoms with E-state index in [-0.39, 0.29) is 0 Å². The summed E-state index contributed by atoms with van der Waals surface area (Å²) in [6, 6.07) is 2.99. The molecule has 0 amide bonds. The first-order valence-corrected chi connectivity index (χ1v) is 6.01. The van der Waals surface area contributed by atoms with Crippen LogP contribution in [-0.2, 0) is 9.53 Å². The maximum absolute atomic E-state index is 13.4. The Morgan fingerprint density at radius 2 is 2.16 bits per heavy atom. The molecule has 1 aliphatic rings. The highest BCUT2D eigenvalue weighted by Crippen LogP contribution is 2.30. The third-order valence-electron chi connectivity index (χ3n) is 3.13. The molecule has 0 aromatic heterocycles. The number of methoxy groups -OCH3 is 1. The fourth-order valence-electron chi connectivity index (χ4n) is 2.24. The summed E-state index contributed by atoms with van der Waals surface area (Å²) in [5.41, 5.74) is 0.330. The van der Waals surface area contributed by atoms with Gasteiger partial charge in [0.05, 0.1) is 20.3 Å². The number of benzene rings is 1. The first-order chi connectivity index (χ1) is 9.13. The normalized spacial score (nSPS) is 18.0. The first kappa shape index (κ1) is 13.8. The van der Waals surface area contributed by atoms with Gasteiger partial charge in [0, 0.05) is 18.7 Å². The van der Waals surface area contributed by atoms with Gasteiger partial charge in [0.2, 0.25) is 0 Å². The average Bonchev–Trinajstić information content (AvgIpc) is 2.40. The van der Waals surface area contributed by atoms with E-state index in [2.05, 4.69) is 0 Å². The Bertz CT molecular complexity index is 460. The Morgan fingerprint density at radius 1 is 1.47 bits per heavy atom. The molecule has 0 aliphatic carbocycles. The molecule has 104 valence electrons. The maximum Gasteiger partial charge on any atom is 0.325 e. The largest absolute Gasteiger partial charge is 0.496 e. The molecule has 1 aromatic carbocycles. The number of morpholine rings is 1. The Hall–Kier alpha value is -1.66. The van der Waals surface area contributed by atoms with E-state index >= 15 is 0 Å². The fourth-order valence-corrected chi connectivity index (χ4v) is 2.24. The van der Waals surface area contributed by atoms with Crippen molar-refractivity contribution in [3.8, 4) is 5.75 Å². The molecular weight excluding hydrogens is 253 g/mol. The van der Waals surface area contributed by atoms with Crippen molar-refractivity contribution in [1.29, 1.82) is 0 Å². The van der Waals surface area contributed by atoms with Crippen LogP contribution in [0.4, 0.5) is 4.39 Å². The monoisotopic (exact) mass is 269 g/mol. The number of carboxylic acids is 1. The average molecular weight is 269 g/mol. The standard InChI is InChI=1S/C13H16FNO4/c1-18-11-3-2-9(14)8-10(11)12(13(16)17)15-4-6-19-7-5-15/h2-3,8,12H,4-7H2,1H3,(H,16,17). The van der Waals surface area contributed by atoms with E-state index in [0.29, 0.717) is 37.6 Å². The van der Waals surface area contributed by atoms with Crippen molar-refractivity contribution >= 4 is 5.97 Å². The van der Waals surface area contributed by atoms with E-state index in [1.165, 1.54) is 25.3 Å². The van der Waals surface area contributed by atoms with Crippen LogP contribution in [0.2, 0.25) is 0 Å². The summed E-state index contributed by atoms with van der Waals surface area (Å²) in [5, 5.41) is 9.43. The zero-order chi connectivity index (χ0) is 13.8. The molecule has 2 rings (SSSR count). The molecule has 1 heterocycles. The summed E-state index contributed by atoms with van der Waals surface area (Å²) in [7, 11) is 1.44. The lowest BCUT2D eigenvalue weighted by atomic mass is 10.0. The van der Waals surface area contributed by atoms with Gasteiger partial charge < -0.3 is 14.6 Å². The predicted octanol–water partition coefficient (Wildman–Crippen LogP) is 1.29. The molecule has 19 heavy (non-hydrogen) atoms. The fraction of sp³-hybridized carbons (Fsp3) is 0.462. The van der Waals surface area contributed by atoms with E-state index in [0.717, 1.165) is 0 Å². The van der Waals surface area contributed by atoms with Crippen LogP contribution in [0.5, 0.6) is 5.75 Å². The predicted molar refractivity (Wildman–Crippen MR) is 65.7 cm³/mol. The van der Waals surface area contributed by atoms with Crippen molar-refractivity contribution in [1.82, 2.24) is 4.90 Å². The molecule has 1 unspecified atom stereocenters. The van der Waals surface area contributed by atoms with Crippen molar-refractivity contribution in [2.75, 3.05) is 33.4 Å². The van der Waals surface area contributed by atoms with Crippen LogP contribution >= 0.6 is 0 Å². The lowest BCUT2D eigenvalue weighted by Crippen LogP contribution is -2.42. The van der Waals surface area contributed by atoms with Crippen LogP contribution in [-0.4, -0.2) is 49.4 Å². The molecule has 6 heteroatoms. The van der Waals surface area contributed by atoms with Crippen LogP contribution in [0, 0.1) is 5.82 Å². The number of halogens is 1. The summed E-state index contributed by atoms with van der Waals surface area (Å²) < 4.78 is 23.7. The van der Waals surface area contributed by atoms with Crippen molar-refractivity contribution in [3.63, 3.8) is 0 Å². The molecule has 0 saturated carbocycles. The molecule has 0 bridgehead atoms. The van der Waals surface area contributed by atoms with Crippen molar-refractivity contribution < 1.29 is 23.8 Å². The lowest BCUT2D eigenvalue weighted by molar-refractivity contribution is -0.145. The molecule has 0 radical (unpaired) electrons. The van der Waals surface area contributed by atoms with Crippen LogP contribution in [0.1, 0.15) is 11.6 Å². The van der Waals surface area contributed by atoms with E-state index < -0.39 is 17.8 Å². The minimum absolute atomic E-state index is 0.330. The molecule has 1 saturated heterocycles. The van der Waals surface area contributed by atoms with Crippen LogP contribution in [0.3, 0.4) is 0 Å². The van der Waals surface area contributed by atoms with E-state index in [9.17, 15) is 14.3 Å². The van der Waals surface area contributed by atoms with Gasteiger partial charge in [-0.3, -0.25) is 9.69 Å². The number of hydrogen-bond donors (Lipinski definition) is 1. The quantitative estimate of drug-likeness (QED) is 0.892. The smallest absolute Gasteiger partial charge is 0.325 e. The molecule has 1 N–H and O–H groups in total. The van der Waals surface area contributed by atoms with Gasteiger partial charge >= 0.3 is 5.97 Å². The van der Waals surface area contributed by atoms with Crippen LogP contribution in [0.15, 0.2) is 18.2 Å². The molecule has 1 atom stereocenters. The second-order valence-corrected chi connectivity index (χ2v) is 4.28. The number of rotatable bonds is 4. The van der Waals surface area contributed by atoms with Gasteiger partial charge in [-0.25, -0.2) is 4.39 Å². The molecular formula is C13H16FNO4. The maximum atomic E-state index is 13.4. The lowest BCUT2D eigenvalue weighted by Gasteiger charge is -2.32. The molecule has 1 aliphatic heterocycles. The number of nitrogens with zero attached hydrogens (tertiary/aromatic N) is 1. The Kier molecular flexibility index (Phi) is 4.34. The number of ether oxygens (including phenoxy) is 2. The Balaban J connectivity index is 2.37. The number of aliphatic carboxylic acids is 1. The van der Waals surface area contributed by atoms with E-state index in [4.69, 9.17) is 9.47 Å². The minimum Gasteiger partial charge on any atom is -0.496 e. The van der Waals surface area contributed by atoms with E-state index in [1.807, 2.05) is 0 Å². The highest BCUT2D eigenvalue weighted by Gasteiger charge is 2.31. The van der Waals surface area contributed by atoms with Crippen LogP contribution < -0.4 is 4.74 Å². The molecule has 5 nitrogen and oxygen atoms in total. The summed E-state index contributed by atoms with van der Waals surface area (Å²) >= 11 is 0. The zero-order valence-electron chi connectivity index (χ0n) is 10.6. The summed E-state index contributed by atoms with van der Waals surface area (Å²) in [6.07, 6.45) is 0. The van der Waals surface area contributed by atoms with Gasteiger partial charge in [0.25, 0.3) is 0 Å². The summed E-state index contributed by atoms with van der Waals surface area (Å²) in [6.45, 7) is 1.94. The first-order valence-electron chi connectivity index (χ1n) is 6.01. The van der Waals surface area contributed by atoms with Crippen LogP contribution in [0.25, 0.3) is 0 Å². The third-order valence-corrected chi connectivity index (χ3v) is 3.13. The highest BCUT2D eigenvalue weighted by atomic mass is 19.1. The van der Waals surface area contributed by atoms with Crippen molar-refractivity contribution in [2.24, 2.45) is 0 Å². The van der Waals surface area contributed by atoms with E-state index in [1.54, 1.807) is 4.90 Å². The number of carboxylic acid groups (broad SMARTS) is 1. The van der Waals surface area contributed by atoms with Crippen molar-refractivity contribution in [3.05, 3.63) is 29.6 Å². The van der Waals surface area contributed by atoms with Gasteiger partial charge in [-0.15, -0.1) is 0 Å². The topological polar surface area (TPSA) is 59.0 Å². The van der Waals surface area contributed by atoms with Gasteiger partial charge in [0.1, 0.15) is 17.6 Å². The second kappa shape index (κ2) is 5.99. The molecule has 0 spiro atoms. The molecule has 1 fully saturated rings. The van der Waals surface area contributed by atoms with Gasteiger partial charge in [-0.2, -0.15) is 0 Å². The van der Waals surface area contributed by atoms with Gasteiger partial charge in [-0.05, 0) is 18.2 Å². The Morgan fingerprint density at radius 3 is 2.74 bits per heavy atom. The Labute approximate surface area is 110 Å². The SMILES string of the molecule is COc1ccc(F)cc1C(C(=O)O)N1CCOCC1. The highest BCUT2D eigenvalue weighted by molar-refractivity contribution is 5.76. The van der Waals surface area contributed by atoms with Crippen molar-refractivity contribution in [2.45, 2.75) is 6.04 Å².